The van der Waals surface area contributed by atoms with Crippen molar-refractivity contribution in [3.8, 4) is 5.75 Å². The van der Waals surface area contributed by atoms with Gasteiger partial charge in [-0.25, -0.2) is 0 Å². The second-order valence-corrected chi connectivity index (χ2v) is 7.70. The minimum Gasteiger partial charge on any atom is -0.488 e. The Kier molecular flexibility index (Phi) is 4.86. The number of carbonyl (C=O) groups is 1. The number of carbonyl (C=O) groups excluding carboxylic acids is 1. The van der Waals surface area contributed by atoms with Crippen LogP contribution in [-0.4, -0.2) is 35.0 Å². The summed E-state index contributed by atoms with van der Waals surface area (Å²) in [7, 11) is 0. The van der Waals surface area contributed by atoms with Crippen LogP contribution >= 0.6 is 11.6 Å². The van der Waals surface area contributed by atoms with Crippen LogP contribution in [-0.2, 0) is 10.2 Å². The Labute approximate surface area is 159 Å². The van der Waals surface area contributed by atoms with E-state index in [0.717, 1.165) is 50.0 Å². The lowest BCUT2D eigenvalue weighted by Gasteiger charge is -2.33. The first-order valence-electron chi connectivity index (χ1n) is 9.29. The molecular formula is C21H23ClN2O2. The van der Waals surface area contributed by atoms with E-state index >= 15 is 0 Å². The Bertz CT molecular complexity index is 757. The summed E-state index contributed by atoms with van der Waals surface area (Å²) in [5, 5.41) is 0.710. The average molecular weight is 371 g/mol. The van der Waals surface area contributed by atoms with Crippen LogP contribution in [0.3, 0.4) is 0 Å². The molecule has 4 nitrogen and oxygen atoms in total. The van der Waals surface area contributed by atoms with Crippen LogP contribution in [0.2, 0.25) is 5.02 Å². The maximum atomic E-state index is 13.5. The number of pyridine rings is 1. The fraction of sp³-hybridized carbons (Fsp3) is 0.429. The molecule has 1 saturated heterocycles. The van der Waals surface area contributed by atoms with E-state index in [2.05, 4.69) is 4.98 Å². The van der Waals surface area contributed by atoms with E-state index < -0.39 is 5.41 Å². The number of aromatic nitrogens is 1. The van der Waals surface area contributed by atoms with E-state index in [1.54, 1.807) is 12.4 Å². The smallest absolute Gasteiger partial charge is 0.233 e. The van der Waals surface area contributed by atoms with Gasteiger partial charge in [0.25, 0.3) is 0 Å². The number of hydrogen-bond acceptors (Lipinski definition) is 3. The molecule has 1 amide bonds. The first-order chi connectivity index (χ1) is 12.7. The van der Waals surface area contributed by atoms with Crippen molar-refractivity contribution in [2.75, 3.05) is 13.1 Å². The fourth-order valence-electron chi connectivity index (χ4n) is 4.29. The minimum atomic E-state index is -0.393. The van der Waals surface area contributed by atoms with E-state index in [-0.39, 0.29) is 12.0 Å². The predicted molar refractivity (Wildman–Crippen MR) is 101 cm³/mol. The van der Waals surface area contributed by atoms with Crippen molar-refractivity contribution < 1.29 is 9.53 Å². The van der Waals surface area contributed by atoms with Crippen molar-refractivity contribution in [1.29, 1.82) is 0 Å². The lowest BCUT2D eigenvalue weighted by atomic mass is 9.77. The highest BCUT2D eigenvalue weighted by Crippen LogP contribution is 2.43. The van der Waals surface area contributed by atoms with Crippen LogP contribution in [0, 0.1) is 0 Å². The summed E-state index contributed by atoms with van der Waals surface area (Å²) in [4.78, 5) is 19.5. The van der Waals surface area contributed by atoms with Crippen LogP contribution < -0.4 is 4.74 Å². The molecule has 5 heteroatoms. The number of benzene rings is 1. The van der Waals surface area contributed by atoms with Gasteiger partial charge >= 0.3 is 0 Å². The predicted octanol–water partition coefficient (Wildman–Crippen LogP) is 4.23. The summed E-state index contributed by atoms with van der Waals surface area (Å²) in [6.45, 7) is 1.40. The Balaban J connectivity index is 1.49. The Morgan fingerprint density at radius 1 is 1.12 bits per heavy atom. The van der Waals surface area contributed by atoms with Crippen LogP contribution in [0.15, 0.2) is 48.8 Å². The largest absolute Gasteiger partial charge is 0.488 e. The van der Waals surface area contributed by atoms with Gasteiger partial charge in [0, 0.05) is 30.4 Å². The quantitative estimate of drug-likeness (QED) is 0.808. The van der Waals surface area contributed by atoms with E-state index in [1.165, 1.54) is 0 Å². The maximum absolute atomic E-state index is 13.5. The Morgan fingerprint density at radius 2 is 1.81 bits per heavy atom. The third-order valence-corrected chi connectivity index (χ3v) is 5.90. The van der Waals surface area contributed by atoms with Crippen LogP contribution in [0.5, 0.6) is 5.75 Å². The van der Waals surface area contributed by atoms with Gasteiger partial charge in [0.2, 0.25) is 5.91 Å². The van der Waals surface area contributed by atoms with Gasteiger partial charge in [-0.1, -0.05) is 36.6 Å². The van der Waals surface area contributed by atoms with Gasteiger partial charge in [0.05, 0.1) is 12.0 Å². The molecule has 1 aromatic carbocycles. The molecule has 4 rings (SSSR count). The van der Waals surface area contributed by atoms with Crippen molar-refractivity contribution in [3.05, 3.63) is 59.4 Å². The van der Waals surface area contributed by atoms with E-state index in [1.807, 2.05) is 41.3 Å². The average Bonchev–Trinajstić information content (AvgIpc) is 3.33. The van der Waals surface area contributed by atoms with Crippen LogP contribution in [0.1, 0.15) is 37.7 Å². The fourth-order valence-corrected chi connectivity index (χ4v) is 4.42. The summed E-state index contributed by atoms with van der Waals surface area (Å²) < 4.78 is 6.02. The Morgan fingerprint density at radius 3 is 2.50 bits per heavy atom. The molecule has 2 aromatic rings. The number of likely N-dealkylation sites (tertiary alicyclic amines) is 1. The highest BCUT2D eigenvalue weighted by Gasteiger charge is 2.46. The third kappa shape index (κ3) is 3.30. The maximum Gasteiger partial charge on any atom is 0.233 e. The van der Waals surface area contributed by atoms with Gasteiger partial charge in [-0.2, -0.15) is 0 Å². The highest BCUT2D eigenvalue weighted by molar-refractivity contribution is 6.30. The molecule has 1 unspecified atom stereocenters. The van der Waals surface area contributed by atoms with Crippen molar-refractivity contribution >= 4 is 17.5 Å². The summed E-state index contributed by atoms with van der Waals surface area (Å²) >= 11 is 6.05. The molecule has 1 aliphatic carbocycles. The molecule has 0 N–H and O–H groups in total. The monoisotopic (exact) mass is 370 g/mol. The van der Waals surface area contributed by atoms with E-state index in [4.69, 9.17) is 16.3 Å². The molecule has 0 radical (unpaired) electrons. The van der Waals surface area contributed by atoms with Gasteiger partial charge < -0.3 is 9.64 Å². The van der Waals surface area contributed by atoms with Gasteiger partial charge in [0.1, 0.15) is 11.9 Å². The molecule has 26 heavy (non-hydrogen) atoms. The normalized spacial score (nSPS) is 21.7. The number of amides is 1. The second kappa shape index (κ2) is 7.28. The Hall–Kier alpha value is -2.07. The highest BCUT2D eigenvalue weighted by atomic mass is 35.5. The van der Waals surface area contributed by atoms with Crippen molar-refractivity contribution in [1.82, 2.24) is 9.88 Å². The lowest BCUT2D eigenvalue weighted by molar-refractivity contribution is -0.136. The lowest BCUT2D eigenvalue weighted by Crippen LogP contribution is -2.45. The number of halogens is 1. The number of hydrogen-bond donors (Lipinski definition) is 0. The molecule has 2 heterocycles. The topological polar surface area (TPSA) is 42.4 Å². The molecule has 2 aliphatic rings. The molecule has 1 aromatic heterocycles. The minimum absolute atomic E-state index is 0.0463. The SMILES string of the molecule is O=C(N1CCC(Oc2ccncc2)C1)C1(c2ccc(Cl)cc2)CCCC1. The molecule has 1 saturated carbocycles. The first-order valence-corrected chi connectivity index (χ1v) is 9.67. The second-order valence-electron chi connectivity index (χ2n) is 7.26. The summed E-state index contributed by atoms with van der Waals surface area (Å²) in [6.07, 6.45) is 8.38. The summed E-state index contributed by atoms with van der Waals surface area (Å²) in [5.74, 6) is 1.06. The number of ether oxygens (including phenoxy) is 1. The van der Waals surface area contributed by atoms with Crippen molar-refractivity contribution in [3.63, 3.8) is 0 Å². The molecule has 136 valence electrons. The van der Waals surface area contributed by atoms with Gasteiger partial charge in [-0.15, -0.1) is 0 Å². The summed E-state index contributed by atoms with van der Waals surface area (Å²) in [5.41, 5.74) is 0.707. The molecule has 0 spiro atoms. The van der Waals surface area contributed by atoms with Gasteiger partial charge in [-0.3, -0.25) is 9.78 Å². The van der Waals surface area contributed by atoms with Crippen LogP contribution in [0.25, 0.3) is 0 Å². The third-order valence-electron chi connectivity index (χ3n) is 5.65. The zero-order valence-electron chi connectivity index (χ0n) is 14.7. The van der Waals surface area contributed by atoms with Crippen LogP contribution in [0.4, 0.5) is 0 Å². The number of nitrogens with zero attached hydrogens (tertiary/aromatic N) is 2. The molecule has 0 bridgehead atoms. The standard InChI is InChI=1S/C21H23ClN2O2/c22-17-5-3-16(4-6-17)21(10-1-2-11-21)20(25)24-14-9-19(15-24)26-18-7-12-23-13-8-18/h3-8,12-13,19H,1-2,9-11,14-15H2. The molecule has 1 aliphatic heterocycles. The number of rotatable bonds is 4. The molecule has 1 atom stereocenters. The van der Waals surface area contributed by atoms with Gasteiger partial charge in [-0.05, 0) is 42.7 Å². The van der Waals surface area contributed by atoms with Gasteiger partial charge in [0.15, 0.2) is 0 Å². The molecular weight excluding hydrogens is 348 g/mol. The zero-order valence-corrected chi connectivity index (χ0v) is 15.5. The first kappa shape index (κ1) is 17.3. The van der Waals surface area contributed by atoms with Crippen molar-refractivity contribution in [2.45, 2.75) is 43.6 Å². The summed E-state index contributed by atoms with van der Waals surface area (Å²) in [6, 6.07) is 11.5. The molecule has 2 fully saturated rings. The zero-order chi connectivity index (χ0) is 18.0. The van der Waals surface area contributed by atoms with E-state index in [9.17, 15) is 4.79 Å². The van der Waals surface area contributed by atoms with E-state index in [0.29, 0.717) is 11.6 Å². The van der Waals surface area contributed by atoms with Crippen molar-refractivity contribution in [2.24, 2.45) is 0 Å².